The normalized spacial score (nSPS) is 15.8. The van der Waals surface area contributed by atoms with Crippen LogP contribution >= 0.6 is 0 Å². The van der Waals surface area contributed by atoms with Crippen LogP contribution in [0.4, 0.5) is 0 Å². The molecule has 100 valence electrons. The first kappa shape index (κ1) is 11.9. The zero-order valence-corrected chi connectivity index (χ0v) is 11.7. The Hall–Kier alpha value is -1.89. The van der Waals surface area contributed by atoms with Crippen LogP contribution in [-0.2, 0) is 12.8 Å². The van der Waals surface area contributed by atoms with Crippen molar-refractivity contribution < 1.29 is 0 Å². The van der Waals surface area contributed by atoms with Crippen LogP contribution in [-0.4, -0.2) is 4.98 Å². The van der Waals surface area contributed by atoms with Gasteiger partial charge in [0.05, 0.1) is 5.52 Å². The van der Waals surface area contributed by atoms with Gasteiger partial charge >= 0.3 is 0 Å². The van der Waals surface area contributed by atoms with Gasteiger partial charge in [-0.2, -0.15) is 0 Å². The van der Waals surface area contributed by atoms with Gasteiger partial charge in [-0.15, -0.1) is 0 Å². The molecule has 0 N–H and O–H groups in total. The number of aromatic nitrogens is 1. The number of hydrogen-bond donors (Lipinski definition) is 0. The lowest BCUT2D eigenvalue weighted by atomic mass is 10.0. The van der Waals surface area contributed by atoms with E-state index >= 15 is 0 Å². The molecule has 0 amide bonds. The predicted molar refractivity (Wildman–Crippen MR) is 84.2 cm³/mol. The summed E-state index contributed by atoms with van der Waals surface area (Å²) < 4.78 is 0. The summed E-state index contributed by atoms with van der Waals surface area (Å²) in [5.41, 5.74) is 6.66. The fourth-order valence-electron chi connectivity index (χ4n) is 3.46. The second-order valence-electron chi connectivity index (χ2n) is 5.87. The Morgan fingerprint density at radius 3 is 2.60 bits per heavy atom. The molecule has 1 aromatic rings. The Labute approximate surface area is 120 Å². The number of pyridine rings is 1. The van der Waals surface area contributed by atoms with Crippen LogP contribution in [0.15, 0.2) is 42.5 Å². The average molecular weight is 261 g/mol. The summed E-state index contributed by atoms with van der Waals surface area (Å²) in [6, 6.07) is 15.4. The van der Waals surface area contributed by atoms with Crippen molar-refractivity contribution in [2.24, 2.45) is 0 Å². The van der Waals surface area contributed by atoms with Crippen molar-refractivity contribution in [2.45, 2.75) is 38.5 Å². The van der Waals surface area contributed by atoms with E-state index < -0.39 is 0 Å². The fourth-order valence-corrected chi connectivity index (χ4v) is 3.46. The van der Waals surface area contributed by atoms with E-state index in [9.17, 15) is 0 Å². The molecule has 1 nitrogen and oxygen atoms in total. The quantitative estimate of drug-likeness (QED) is 0.555. The maximum atomic E-state index is 4.91. The summed E-state index contributed by atoms with van der Waals surface area (Å²) in [5, 5.41) is 1.39. The molecule has 0 aromatic carbocycles. The zero-order chi connectivity index (χ0) is 13.4. The van der Waals surface area contributed by atoms with Crippen LogP contribution in [0, 0.1) is 0 Å². The first-order valence-corrected chi connectivity index (χ1v) is 7.72. The second kappa shape index (κ2) is 4.90. The highest BCUT2D eigenvalue weighted by molar-refractivity contribution is 6.02. The SMILES string of the molecule is c1ccc2cc3nc4cc(c3c-2cc1)CCCCCC4. The number of rotatable bonds is 0. The molecule has 1 heteroatoms. The summed E-state index contributed by atoms with van der Waals surface area (Å²) in [4.78, 5) is 4.91. The highest BCUT2D eigenvalue weighted by Crippen LogP contribution is 2.36. The standard InChI is InChI=1S/C19H19N/c1-2-6-10-16-12-15(9-4-1)19-17-11-7-3-5-8-14(17)13-18(19)20-16/h3,5,7-8,11-13H,1-2,4,6,9-10H2. The van der Waals surface area contributed by atoms with Crippen molar-refractivity contribution in [1.82, 2.24) is 4.98 Å². The van der Waals surface area contributed by atoms with Crippen LogP contribution in [0.2, 0.25) is 0 Å². The Kier molecular flexibility index (Phi) is 2.91. The van der Waals surface area contributed by atoms with Gasteiger partial charge in [-0.3, -0.25) is 4.98 Å². The molecule has 0 unspecified atom stereocenters. The molecule has 3 aliphatic rings. The fraction of sp³-hybridized carbons (Fsp3) is 0.316. The average Bonchev–Trinajstić information content (AvgIpc) is 2.69. The monoisotopic (exact) mass is 261 g/mol. The minimum absolute atomic E-state index is 1.14. The van der Waals surface area contributed by atoms with Crippen LogP contribution in [0.1, 0.15) is 36.9 Å². The summed E-state index contributed by atoms with van der Waals surface area (Å²) in [6.07, 6.45) is 7.63. The van der Waals surface area contributed by atoms with Gasteiger partial charge in [-0.1, -0.05) is 43.2 Å². The largest absolute Gasteiger partial charge is 0.253 e. The lowest BCUT2D eigenvalue weighted by Crippen LogP contribution is -1.93. The molecular formula is C19H19N. The minimum Gasteiger partial charge on any atom is -0.253 e. The van der Waals surface area contributed by atoms with E-state index in [-0.39, 0.29) is 0 Å². The first-order valence-electron chi connectivity index (χ1n) is 7.72. The van der Waals surface area contributed by atoms with E-state index in [4.69, 9.17) is 4.98 Å². The van der Waals surface area contributed by atoms with Gasteiger partial charge in [0, 0.05) is 11.1 Å². The maximum Gasteiger partial charge on any atom is 0.0720 e. The summed E-state index contributed by atoms with van der Waals surface area (Å²) in [7, 11) is 0. The molecule has 1 heterocycles. The minimum atomic E-state index is 1.14. The molecule has 0 saturated heterocycles. The first-order chi connectivity index (χ1) is 9.92. The molecule has 0 saturated carbocycles. The Morgan fingerprint density at radius 2 is 1.65 bits per heavy atom. The van der Waals surface area contributed by atoms with Gasteiger partial charge in [0.15, 0.2) is 0 Å². The van der Waals surface area contributed by atoms with E-state index in [1.54, 1.807) is 0 Å². The number of aryl methyl sites for hydroxylation is 2. The lowest BCUT2D eigenvalue weighted by molar-refractivity contribution is 0.646. The van der Waals surface area contributed by atoms with Gasteiger partial charge < -0.3 is 0 Å². The van der Waals surface area contributed by atoms with E-state index in [0.29, 0.717) is 0 Å². The van der Waals surface area contributed by atoms with Crippen molar-refractivity contribution in [3.05, 3.63) is 53.7 Å². The molecule has 20 heavy (non-hydrogen) atoms. The van der Waals surface area contributed by atoms with Crippen molar-refractivity contribution in [3.8, 4) is 11.1 Å². The van der Waals surface area contributed by atoms with Crippen molar-refractivity contribution in [3.63, 3.8) is 0 Å². The van der Waals surface area contributed by atoms with Crippen molar-refractivity contribution in [2.75, 3.05) is 0 Å². The number of hydrogen-bond acceptors (Lipinski definition) is 1. The molecular weight excluding hydrogens is 242 g/mol. The molecule has 1 aromatic heterocycles. The van der Waals surface area contributed by atoms with Crippen molar-refractivity contribution >= 4 is 10.9 Å². The molecule has 0 atom stereocenters. The summed E-state index contributed by atoms with van der Waals surface area (Å²) in [5.74, 6) is 0. The van der Waals surface area contributed by atoms with E-state index in [1.165, 1.54) is 65.4 Å². The van der Waals surface area contributed by atoms with E-state index in [0.717, 1.165) is 6.42 Å². The smallest absolute Gasteiger partial charge is 0.0720 e. The van der Waals surface area contributed by atoms with Crippen LogP contribution < -0.4 is 0 Å². The summed E-state index contributed by atoms with van der Waals surface area (Å²) in [6.45, 7) is 0. The van der Waals surface area contributed by atoms with Gasteiger partial charge in [0.2, 0.25) is 0 Å². The van der Waals surface area contributed by atoms with Crippen LogP contribution in [0.25, 0.3) is 22.0 Å². The van der Waals surface area contributed by atoms with Gasteiger partial charge in [0.25, 0.3) is 0 Å². The highest BCUT2D eigenvalue weighted by atomic mass is 14.7. The lowest BCUT2D eigenvalue weighted by Gasteiger charge is -2.06. The van der Waals surface area contributed by atoms with Gasteiger partial charge in [-0.05, 0) is 54.5 Å². The van der Waals surface area contributed by atoms with Crippen LogP contribution in [0.5, 0.6) is 0 Å². The second-order valence-corrected chi connectivity index (χ2v) is 5.87. The highest BCUT2D eigenvalue weighted by Gasteiger charge is 2.15. The third-order valence-electron chi connectivity index (χ3n) is 4.44. The van der Waals surface area contributed by atoms with Gasteiger partial charge in [0.1, 0.15) is 0 Å². The van der Waals surface area contributed by atoms with E-state index in [1.807, 2.05) is 0 Å². The third kappa shape index (κ3) is 1.98. The molecule has 2 bridgehead atoms. The van der Waals surface area contributed by atoms with E-state index in [2.05, 4.69) is 42.5 Å². The van der Waals surface area contributed by atoms with Gasteiger partial charge in [-0.25, -0.2) is 0 Å². The maximum absolute atomic E-state index is 4.91. The predicted octanol–water partition coefficient (Wildman–Crippen LogP) is 5.00. The number of nitrogens with zero attached hydrogens (tertiary/aromatic N) is 1. The van der Waals surface area contributed by atoms with Crippen molar-refractivity contribution in [1.29, 1.82) is 0 Å². The molecule has 0 radical (unpaired) electrons. The molecule has 3 aliphatic carbocycles. The number of fused-ring (bicyclic) bond motifs is 6. The Bertz CT molecular complexity index is 729. The third-order valence-corrected chi connectivity index (χ3v) is 4.44. The molecule has 4 rings (SSSR count). The Balaban J connectivity index is 2.01. The molecule has 0 aliphatic heterocycles. The zero-order valence-electron chi connectivity index (χ0n) is 11.7. The summed E-state index contributed by atoms with van der Waals surface area (Å²) >= 11 is 0. The topological polar surface area (TPSA) is 12.9 Å². The Morgan fingerprint density at radius 1 is 0.800 bits per heavy atom. The molecule has 0 fully saturated rings. The van der Waals surface area contributed by atoms with Crippen LogP contribution in [0.3, 0.4) is 0 Å². The molecule has 0 spiro atoms.